The van der Waals surface area contributed by atoms with E-state index in [0.717, 1.165) is 4.68 Å². The van der Waals surface area contributed by atoms with E-state index in [-0.39, 0.29) is 17.9 Å². The van der Waals surface area contributed by atoms with Crippen molar-refractivity contribution in [1.82, 2.24) is 24.6 Å². The lowest BCUT2D eigenvalue weighted by atomic mass is 9.97. The number of carbonyl (C=O) groups is 1. The molecule has 2 N–H and O–H groups in total. The van der Waals surface area contributed by atoms with Gasteiger partial charge in [0.1, 0.15) is 11.6 Å². The van der Waals surface area contributed by atoms with E-state index in [2.05, 4.69) is 20.7 Å². The van der Waals surface area contributed by atoms with E-state index >= 15 is 0 Å². The minimum Gasteiger partial charge on any atom is -0.497 e. The Morgan fingerprint density at radius 1 is 1.34 bits per heavy atom. The van der Waals surface area contributed by atoms with Gasteiger partial charge in [0, 0.05) is 38.0 Å². The predicted octanol–water partition coefficient (Wildman–Crippen LogP) is 3.57. The van der Waals surface area contributed by atoms with Crippen LogP contribution in [0.5, 0.6) is 5.75 Å². The van der Waals surface area contributed by atoms with Gasteiger partial charge in [0.2, 0.25) is 0 Å². The molecule has 0 spiro atoms. The summed E-state index contributed by atoms with van der Waals surface area (Å²) in [5, 5.41) is 9.76. The largest absolute Gasteiger partial charge is 0.497 e. The Morgan fingerprint density at radius 2 is 2.19 bits per heavy atom. The molecular weight excluding hydrogens is 425 g/mol. The van der Waals surface area contributed by atoms with E-state index in [0.29, 0.717) is 30.8 Å². The van der Waals surface area contributed by atoms with Crippen molar-refractivity contribution in [3.63, 3.8) is 0 Å². The second kappa shape index (κ2) is 8.93. The molecule has 2 aromatic heterocycles. The number of hydrogen-bond donors (Lipinski definition) is 2. The maximum Gasteiger partial charge on any atom is 0.410 e. The molecule has 1 amide bonds. The normalized spacial score (nSPS) is 18.0. The van der Waals surface area contributed by atoms with Gasteiger partial charge in [-0.05, 0) is 24.1 Å². The van der Waals surface area contributed by atoms with Crippen LogP contribution < -0.4 is 15.4 Å². The lowest BCUT2D eigenvalue weighted by molar-refractivity contribution is -0.173. The molecule has 0 aliphatic carbocycles. The van der Waals surface area contributed by atoms with E-state index in [1.807, 2.05) is 10.8 Å². The molecule has 0 saturated carbocycles. The molecule has 1 aromatic carbocycles. The number of aromatic nitrogens is 4. The third-order valence-electron chi connectivity index (χ3n) is 5.36. The Hall–Kier alpha value is -3.50. The fourth-order valence-electron chi connectivity index (χ4n) is 3.73. The molecule has 1 aliphatic heterocycles. The maximum absolute atomic E-state index is 13.8. The van der Waals surface area contributed by atoms with Crippen LogP contribution in [0.4, 0.5) is 19.0 Å². The second-order valence-corrected chi connectivity index (χ2v) is 7.54. The summed E-state index contributed by atoms with van der Waals surface area (Å²) in [5.41, 5.74) is 0.604. The van der Waals surface area contributed by atoms with E-state index in [4.69, 9.17) is 4.74 Å². The number of alkyl halides is 3. The number of carbonyl (C=O) groups excluding carboxylic acids is 1. The highest BCUT2D eigenvalue weighted by Gasteiger charge is 2.46. The molecule has 4 rings (SSSR count). The van der Waals surface area contributed by atoms with Crippen molar-refractivity contribution in [3.8, 4) is 5.75 Å². The molecule has 0 saturated heterocycles. The summed E-state index contributed by atoms with van der Waals surface area (Å²) in [6.45, 7) is 1.03. The molecule has 0 radical (unpaired) electrons. The number of hydrogen-bond acceptors (Lipinski definition) is 5. The van der Waals surface area contributed by atoms with Crippen molar-refractivity contribution in [2.24, 2.45) is 0 Å². The topological polar surface area (TPSA) is 86.0 Å². The van der Waals surface area contributed by atoms with Crippen molar-refractivity contribution in [2.75, 3.05) is 19.0 Å². The number of amides is 1. The molecular formula is C21H23F3N6O2. The molecule has 0 bridgehead atoms. The van der Waals surface area contributed by atoms with Gasteiger partial charge in [-0.25, -0.2) is 9.67 Å². The number of fused-ring (bicyclic) bond motifs is 1. The first-order valence-electron chi connectivity index (χ1n) is 10.2. The summed E-state index contributed by atoms with van der Waals surface area (Å²) in [4.78, 5) is 16.4. The van der Waals surface area contributed by atoms with Gasteiger partial charge in [0.05, 0.1) is 19.5 Å². The fourth-order valence-corrected chi connectivity index (χ4v) is 3.73. The summed E-state index contributed by atoms with van der Waals surface area (Å²) in [6.07, 6.45) is 1.03. The molecule has 32 heavy (non-hydrogen) atoms. The summed E-state index contributed by atoms with van der Waals surface area (Å²) >= 11 is 0. The number of nitrogens with zero attached hydrogens (tertiary/aromatic N) is 4. The second-order valence-electron chi connectivity index (χ2n) is 7.54. The number of benzene rings is 1. The average Bonchev–Trinajstić information content (AvgIpc) is 3.45. The molecule has 0 fully saturated rings. The Balaban J connectivity index is 1.49. The Labute approximate surface area is 182 Å². The van der Waals surface area contributed by atoms with Gasteiger partial charge in [0.25, 0.3) is 5.91 Å². The van der Waals surface area contributed by atoms with Crippen molar-refractivity contribution in [3.05, 3.63) is 60.3 Å². The minimum absolute atomic E-state index is 0.0596. The highest BCUT2D eigenvalue weighted by molar-refractivity contribution is 5.93. The monoisotopic (exact) mass is 448 g/mol. The zero-order chi connectivity index (χ0) is 22.7. The van der Waals surface area contributed by atoms with Crippen molar-refractivity contribution in [1.29, 1.82) is 0 Å². The summed E-state index contributed by atoms with van der Waals surface area (Å²) in [7, 11) is 1.50. The summed E-state index contributed by atoms with van der Waals surface area (Å²) < 4.78 is 49.4. The molecule has 2 atom stereocenters. The molecule has 3 aromatic rings. The third-order valence-corrected chi connectivity index (χ3v) is 5.36. The number of ether oxygens (including phenoxy) is 1. The Morgan fingerprint density at radius 3 is 2.91 bits per heavy atom. The number of anilines is 1. The number of halogens is 3. The van der Waals surface area contributed by atoms with E-state index in [9.17, 15) is 18.0 Å². The molecule has 1 aliphatic rings. The number of rotatable bonds is 7. The smallest absolute Gasteiger partial charge is 0.410 e. The predicted molar refractivity (Wildman–Crippen MR) is 110 cm³/mol. The van der Waals surface area contributed by atoms with Crippen LogP contribution in [0, 0.1) is 0 Å². The lowest BCUT2D eigenvalue weighted by Crippen LogP contribution is -2.35. The Kier molecular flexibility index (Phi) is 6.06. The van der Waals surface area contributed by atoms with Crippen molar-refractivity contribution in [2.45, 2.75) is 37.6 Å². The van der Waals surface area contributed by atoms with Crippen LogP contribution >= 0.6 is 0 Å². The SMILES string of the molecule is COc1cccc(C2CC(C(F)(F)F)n3nc(C(=O)NCCCn4ccnc4)cc3N2)c1. The van der Waals surface area contributed by atoms with Crippen LogP contribution in [0.25, 0.3) is 0 Å². The van der Waals surface area contributed by atoms with E-state index in [1.165, 1.54) is 13.2 Å². The molecule has 3 heterocycles. The lowest BCUT2D eigenvalue weighted by Gasteiger charge is -2.33. The number of aryl methyl sites for hydroxylation is 1. The first-order valence-corrected chi connectivity index (χ1v) is 10.2. The van der Waals surface area contributed by atoms with Gasteiger partial charge in [0.15, 0.2) is 11.7 Å². The number of imidazole rings is 1. The third kappa shape index (κ3) is 4.71. The van der Waals surface area contributed by atoms with Crippen LogP contribution in [0.15, 0.2) is 49.1 Å². The highest BCUT2D eigenvalue weighted by Crippen LogP contribution is 2.43. The molecule has 8 nitrogen and oxygen atoms in total. The zero-order valence-corrected chi connectivity index (χ0v) is 17.3. The van der Waals surface area contributed by atoms with Crippen LogP contribution in [0.2, 0.25) is 0 Å². The van der Waals surface area contributed by atoms with Gasteiger partial charge in [-0.1, -0.05) is 12.1 Å². The molecule has 2 unspecified atom stereocenters. The highest BCUT2D eigenvalue weighted by atomic mass is 19.4. The zero-order valence-electron chi connectivity index (χ0n) is 17.3. The van der Waals surface area contributed by atoms with E-state index < -0.39 is 24.2 Å². The van der Waals surface area contributed by atoms with E-state index in [1.54, 1.807) is 36.8 Å². The standard InChI is InChI=1S/C21H23F3N6O2/c1-32-15-5-2-4-14(10-15)16-11-18(21(22,23)24)30-19(27-16)12-17(28-30)20(31)26-6-3-8-29-9-7-25-13-29/h2,4-5,7,9-10,12-13,16,18,27H,3,6,8,11H2,1H3,(H,26,31). The first kappa shape index (κ1) is 21.7. The van der Waals surface area contributed by atoms with Gasteiger partial charge < -0.3 is 19.9 Å². The number of nitrogens with one attached hydrogen (secondary N) is 2. The van der Waals surface area contributed by atoms with Gasteiger partial charge in [-0.3, -0.25) is 4.79 Å². The quantitative estimate of drug-likeness (QED) is 0.540. The van der Waals surface area contributed by atoms with Gasteiger partial charge in [-0.15, -0.1) is 0 Å². The van der Waals surface area contributed by atoms with Crippen molar-refractivity contribution >= 4 is 11.7 Å². The molecule has 11 heteroatoms. The van der Waals surface area contributed by atoms with Crippen molar-refractivity contribution < 1.29 is 22.7 Å². The maximum atomic E-state index is 13.8. The summed E-state index contributed by atoms with van der Waals surface area (Å²) in [6, 6.07) is 5.80. The summed E-state index contributed by atoms with van der Waals surface area (Å²) in [5.74, 6) is 0.191. The van der Waals surface area contributed by atoms with Crippen LogP contribution in [-0.4, -0.2) is 45.1 Å². The number of methoxy groups -OCH3 is 1. The minimum atomic E-state index is -4.52. The molecule has 170 valence electrons. The Bertz CT molecular complexity index is 1060. The van der Waals surface area contributed by atoms with Crippen LogP contribution in [0.1, 0.15) is 41.0 Å². The average molecular weight is 448 g/mol. The van der Waals surface area contributed by atoms with Gasteiger partial charge in [-0.2, -0.15) is 18.3 Å². The van der Waals surface area contributed by atoms with Crippen LogP contribution in [-0.2, 0) is 6.54 Å². The first-order chi connectivity index (χ1) is 15.3. The van der Waals surface area contributed by atoms with Gasteiger partial charge >= 0.3 is 6.18 Å². The van der Waals surface area contributed by atoms with Crippen LogP contribution in [0.3, 0.4) is 0 Å². The fraction of sp³-hybridized carbons (Fsp3) is 0.381.